The van der Waals surface area contributed by atoms with Gasteiger partial charge in [0.15, 0.2) is 0 Å². The third kappa shape index (κ3) is 59.1. The van der Waals surface area contributed by atoms with Crippen LogP contribution in [0, 0.1) is 0 Å². The summed E-state index contributed by atoms with van der Waals surface area (Å²) >= 11 is 0. The van der Waals surface area contributed by atoms with Crippen molar-refractivity contribution in [3.63, 3.8) is 0 Å². The molecule has 74 heavy (non-hydrogen) atoms. The first-order valence-corrected chi connectivity index (χ1v) is 32.9. The summed E-state index contributed by atoms with van der Waals surface area (Å²) in [7, 11) is 0. The number of esters is 1. The number of unbranched alkanes of at least 4 members (excludes halogenated alkanes) is 44. The van der Waals surface area contributed by atoms with Crippen molar-refractivity contribution in [1.82, 2.24) is 5.32 Å². The van der Waals surface area contributed by atoms with Gasteiger partial charge in [-0.15, -0.1) is 0 Å². The zero-order chi connectivity index (χ0) is 53.6. The predicted molar refractivity (Wildman–Crippen MR) is 324 cm³/mol. The topological polar surface area (TPSA) is 95.9 Å². The van der Waals surface area contributed by atoms with E-state index in [9.17, 15) is 19.8 Å². The fourth-order valence-corrected chi connectivity index (χ4v) is 10.0. The van der Waals surface area contributed by atoms with Crippen LogP contribution in [-0.2, 0) is 14.3 Å². The number of amides is 1. The first-order chi connectivity index (χ1) is 36.5. The third-order valence-electron chi connectivity index (χ3n) is 15.1. The van der Waals surface area contributed by atoms with Crippen LogP contribution in [0.25, 0.3) is 0 Å². The van der Waals surface area contributed by atoms with Crippen LogP contribution in [0.2, 0.25) is 0 Å². The summed E-state index contributed by atoms with van der Waals surface area (Å²) in [5.41, 5.74) is 0. The first-order valence-electron chi connectivity index (χ1n) is 32.9. The smallest absolute Gasteiger partial charge is 0.305 e. The Kier molecular flexibility index (Phi) is 61.5. The molecule has 434 valence electrons. The second kappa shape index (κ2) is 63.4. The lowest BCUT2D eigenvalue weighted by Gasteiger charge is -2.20. The maximum Gasteiger partial charge on any atom is 0.305 e. The van der Waals surface area contributed by atoms with E-state index in [-0.39, 0.29) is 18.5 Å². The number of aliphatic hydroxyl groups is 2. The molecule has 0 aromatic carbocycles. The molecule has 0 radical (unpaired) electrons. The predicted octanol–water partition coefficient (Wildman–Crippen LogP) is 20.9. The summed E-state index contributed by atoms with van der Waals surface area (Å²) < 4.78 is 5.48. The number of rotatable bonds is 61. The summed E-state index contributed by atoms with van der Waals surface area (Å²) in [6.45, 7) is 4.89. The van der Waals surface area contributed by atoms with E-state index in [4.69, 9.17) is 4.74 Å². The van der Waals surface area contributed by atoms with E-state index in [2.05, 4.69) is 55.6 Å². The number of aliphatic hydroxyl groups excluding tert-OH is 2. The molecule has 3 N–H and O–H groups in total. The van der Waals surface area contributed by atoms with Gasteiger partial charge in [0, 0.05) is 12.8 Å². The molecular weight excluding hydrogens is 911 g/mol. The number of ether oxygens (including phenoxy) is 1. The monoisotopic (exact) mass is 1040 g/mol. The van der Waals surface area contributed by atoms with E-state index in [1.807, 2.05) is 6.08 Å². The van der Waals surface area contributed by atoms with Crippen LogP contribution in [0.5, 0.6) is 0 Å². The molecule has 1 amide bonds. The van der Waals surface area contributed by atoms with E-state index in [0.717, 1.165) is 51.4 Å². The number of carbonyl (C=O) groups is 2. The molecule has 6 heteroatoms. The zero-order valence-electron chi connectivity index (χ0n) is 49.6. The highest BCUT2D eigenvalue weighted by Gasteiger charge is 2.18. The molecular formula is C68H127NO5. The Morgan fingerprint density at radius 3 is 1.05 bits per heavy atom. The highest BCUT2D eigenvalue weighted by Crippen LogP contribution is 2.17. The average molecular weight is 1040 g/mol. The Morgan fingerprint density at radius 2 is 0.676 bits per heavy atom. The van der Waals surface area contributed by atoms with Crippen molar-refractivity contribution in [3.05, 3.63) is 48.6 Å². The molecule has 2 atom stereocenters. The molecule has 0 saturated carbocycles. The second-order valence-electron chi connectivity index (χ2n) is 22.4. The van der Waals surface area contributed by atoms with Crippen molar-refractivity contribution < 1.29 is 24.5 Å². The lowest BCUT2D eigenvalue weighted by Crippen LogP contribution is -2.45. The van der Waals surface area contributed by atoms with E-state index in [1.54, 1.807) is 6.08 Å². The zero-order valence-corrected chi connectivity index (χ0v) is 49.6. The molecule has 0 aliphatic carbocycles. The lowest BCUT2D eigenvalue weighted by molar-refractivity contribution is -0.143. The van der Waals surface area contributed by atoms with Crippen LogP contribution >= 0.6 is 0 Å². The lowest BCUT2D eigenvalue weighted by atomic mass is 10.0. The molecule has 0 fully saturated rings. The van der Waals surface area contributed by atoms with Gasteiger partial charge < -0.3 is 20.3 Å². The quantitative estimate of drug-likeness (QED) is 0.0320. The van der Waals surface area contributed by atoms with Crippen molar-refractivity contribution in [2.45, 2.75) is 360 Å². The van der Waals surface area contributed by atoms with Gasteiger partial charge in [0.05, 0.1) is 25.4 Å². The van der Waals surface area contributed by atoms with Crippen LogP contribution in [-0.4, -0.2) is 47.4 Å². The Morgan fingerprint density at radius 1 is 0.378 bits per heavy atom. The molecule has 0 rings (SSSR count). The molecule has 0 aromatic heterocycles. The van der Waals surface area contributed by atoms with E-state index in [1.165, 1.54) is 270 Å². The SMILES string of the molecule is CCCCCC/C=C\C/C=C\CCCCCCCC(=O)OCCCCCCCCCCCCCC/C=C\CCCCCCCCCCCC(=O)NC(CO)C(O)/C=C/CCCCCCCCCCCCCCCC. The largest absolute Gasteiger partial charge is 0.466 e. The molecule has 6 nitrogen and oxygen atoms in total. The van der Waals surface area contributed by atoms with Gasteiger partial charge >= 0.3 is 5.97 Å². The minimum Gasteiger partial charge on any atom is -0.466 e. The Bertz CT molecular complexity index is 1240. The maximum atomic E-state index is 12.5. The number of hydrogen-bond donors (Lipinski definition) is 3. The van der Waals surface area contributed by atoms with E-state index >= 15 is 0 Å². The van der Waals surface area contributed by atoms with Gasteiger partial charge in [-0.3, -0.25) is 9.59 Å². The van der Waals surface area contributed by atoms with Crippen LogP contribution in [0.1, 0.15) is 348 Å². The van der Waals surface area contributed by atoms with Crippen molar-refractivity contribution in [1.29, 1.82) is 0 Å². The van der Waals surface area contributed by atoms with Gasteiger partial charge in [0.1, 0.15) is 0 Å². The Balaban J connectivity index is 3.42. The minimum absolute atomic E-state index is 0.000569. The van der Waals surface area contributed by atoms with Gasteiger partial charge in [-0.25, -0.2) is 0 Å². The second-order valence-corrected chi connectivity index (χ2v) is 22.4. The van der Waals surface area contributed by atoms with Gasteiger partial charge in [-0.2, -0.15) is 0 Å². The highest BCUT2D eigenvalue weighted by atomic mass is 16.5. The molecule has 0 spiro atoms. The molecule has 0 bridgehead atoms. The van der Waals surface area contributed by atoms with Crippen molar-refractivity contribution >= 4 is 11.9 Å². The fourth-order valence-electron chi connectivity index (χ4n) is 10.0. The third-order valence-corrected chi connectivity index (χ3v) is 15.1. The van der Waals surface area contributed by atoms with Crippen molar-refractivity contribution in [3.8, 4) is 0 Å². The van der Waals surface area contributed by atoms with Gasteiger partial charge in [-0.1, -0.05) is 294 Å². The standard InChI is InChI=1S/C68H127NO5/c1-3-5-7-9-11-13-15-17-19-32-36-40-44-48-52-56-60-66(71)65(64-70)69-67(72)61-57-53-49-45-41-37-33-30-28-26-24-22-21-23-25-27-29-31-35-39-43-47-51-55-59-63-74-68(73)62-58-54-50-46-42-38-34-20-18-16-14-12-10-8-6-4-2/h14,16,20,22,24,34,56,60,65-66,70-71H,3-13,15,17-19,21,23,25-33,35-55,57-59,61-64H2,1-2H3,(H,69,72)/b16-14-,24-22-,34-20-,60-56+. The summed E-state index contributed by atoms with van der Waals surface area (Å²) in [5, 5.41) is 23.2. The molecule has 0 heterocycles. The number of nitrogens with one attached hydrogen (secondary N) is 1. The van der Waals surface area contributed by atoms with Gasteiger partial charge in [0.25, 0.3) is 0 Å². The van der Waals surface area contributed by atoms with E-state index < -0.39 is 12.1 Å². The van der Waals surface area contributed by atoms with E-state index in [0.29, 0.717) is 19.4 Å². The number of carbonyl (C=O) groups excluding carboxylic acids is 2. The Hall–Kier alpha value is -2.18. The molecule has 0 saturated heterocycles. The molecule has 0 aliphatic rings. The van der Waals surface area contributed by atoms with Crippen LogP contribution in [0.4, 0.5) is 0 Å². The van der Waals surface area contributed by atoms with Crippen LogP contribution < -0.4 is 5.32 Å². The van der Waals surface area contributed by atoms with Crippen LogP contribution in [0.3, 0.4) is 0 Å². The number of allylic oxidation sites excluding steroid dienone is 7. The molecule has 2 unspecified atom stereocenters. The normalized spacial score (nSPS) is 12.9. The maximum absolute atomic E-state index is 12.5. The minimum atomic E-state index is -0.847. The first kappa shape index (κ1) is 71.8. The van der Waals surface area contributed by atoms with Gasteiger partial charge in [-0.05, 0) is 89.9 Å². The summed E-state index contributed by atoms with van der Waals surface area (Å²) in [4.78, 5) is 24.5. The summed E-state index contributed by atoms with van der Waals surface area (Å²) in [6.07, 6.45) is 81.6. The summed E-state index contributed by atoms with van der Waals surface area (Å²) in [5.74, 6) is -0.0704. The molecule has 0 aliphatic heterocycles. The van der Waals surface area contributed by atoms with Crippen molar-refractivity contribution in [2.75, 3.05) is 13.2 Å². The molecule has 0 aromatic rings. The van der Waals surface area contributed by atoms with Crippen molar-refractivity contribution in [2.24, 2.45) is 0 Å². The summed E-state index contributed by atoms with van der Waals surface area (Å²) in [6, 6.07) is -0.631. The highest BCUT2D eigenvalue weighted by molar-refractivity contribution is 5.76. The average Bonchev–Trinajstić information content (AvgIpc) is 3.40. The van der Waals surface area contributed by atoms with Crippen LogP contribution in [0.15, 0.2) is 48.6 Å². The Labute approximate surface area is 461 Å². The number of hydrogen-bond acceptors (Lipinski definition) is 5. The van der Waals surface area contributed by atoms with Gasteiger partial charge in [0.2, 0.25) is 5.91 Å². The fraction of sp³-hybridized carbons (Fsp3) is 0.853.